The number of nitrogens with one attached hydrogen (secondary N) is 4. The number of carbonyl (C=O) groups is 1. The summed E-state index contributed by atoms with van der Waals surface area (Å²) in [6.45, 7) is 8.32. The Labute approximate surface area is 224 Å². The molecule has 0 radical (unpaired) electrons. The number of urea groups is 1. The van der Waals surface area contributed by atoms with Gasteiger partial charge in [0, 0.05) is 64.5 Å². The summed E-state index contributed by atoms with van der Waals surface area (Å²) < 4.78 is 5.55. The summed E-state index contributed by atoms with van der Waals surface area (Å²) in [6, 6.07) is 1.57. The first-order valence-corrected chi connectivity index (χ1v) is 15.3. The van der Waals surface area contributed by atoms with E-state index in [4.69, 9.17) is 4.74 Å². The molecule has 0 aromatic heterocycles. The minimum absolute atomic E-state index is 0.147. The zero-order chi connectivity index (χ0) is 25.6. The van der Waals surface area contributed by atoms with Crippen molar-refractivity contribution in [3.63, 3.8) is 0 Å². The van der Waals surface area contributed by atoms with Crippen LogP contribution in [0.2, 0.25) is 0 Å². The Morgan fingerprint density at radius 2 is 1.49 bits per heavy atom. The van der Waals surface area contributed by atoms with Gasteiger partial charge in [0.2, 0.25) is 0 Å². The van der Waals surface area contributed by atoms with Crippen molar-refractivity contribution in [2.45, 2.75) is 94.7 Å². The monoisotopic (exact) mass is 519 g/mol. The van der Waals surface area contributed by atoms with Gasteiger partial charge in [0.05, 0.1) is 6.10 Å². The van der Waals surface area contributed by atoms with Crippen molar-refractivity contribution in [3.8, 4) is 0 Å². The number of methoxy groups -OCH3 is 1. The van der Waals surface area contributed by atoms with Crippen molar-refractivity contribution in [1.82, 2.24) is 36.0 Å². The Morgan fingerprint density at radius 3 is 2.16 bits per heavy atom. The van der Waals surface area contributed by atoms with Crippen LogP contribution in [0.3, 0.4) is 0 Å². The molecule has 0 aromatic carbocycles. The molecule has 5 fully saturated rings. The molecule has 37 heavy (non-hydrogen) atoms. The maximum Gasteiger partial charge on any atom is 0.317 e. The number of hydrogen-bond donors (Lipinski definition) is 4. The predicted molar refractivity (Wildman–Crippen MR) is 147 cm³/mol. The number of piperidine rings is 1. The molecule has 9 nitrogen and oxygen atoms in total. The molecule has 2 amide bonds. The van der Waals surface area contributed by atoms with E-state index in [1.807, 2.05) is 12.0 Å². The Balaban J connectivity index is 0.986. The lowest BCUT2D eigenvalue weighted by Crippen LogP contribution is -2.63. The summed E-state index contributed by atoms with van der Waals surface area (Å²) in [7, 11) is 4.07. The van der Waals surface area contributed by atoms with Gasteiger partial charge in [0.25, 0.3) is 0 Å². The number of amides is 2. The third kappa shape index (κ3) is 7.57. The topological polar surface area (TPSA) is 84.1 Å². The molecule has 0 bridgehead atoms. The third-order valence-electron chi connectivity index (χ3n) is 10.1. The molecule has 3 aliphatic heterocycles. The molecule has 0 spiro atoms. The molecule has 3 saturated heterocycles. The predicted octanol–water partition coefficient (Wildman–Crippen LogP) is 1.61. The number of rotatable bonds is 6. The summed E-state index contributed by atoms with van der Waals surface area (Å²) in [5.74, 6) is 1.53. The zero-order valence-electron chi connectivity index (χ0n) is 23.4. The number of nitrogens with zero attached hydrogens (tertiary/aromatic N) is 3. The van der Waals surface area contributed by atoms with Crippen LogP contribution in [0, 0.1) is 11.8 Å². The number of carbonyl (C=O) groups excluding carboxylic acids is 1. The lowest BCUT2D eigenvalue weighted by atomic mass is 9.78. The van der Waals surface area contributed by atoms with E-state index in [1.54, 1.807) is 0 Å². The van der Waals surface area contributed by atoms with Crippen LogP contribution in [0.25, 0.3) is 0 Å². The lowest BCUT2D eigenvalue weighted by Gasteiger charge is -2.43. The van der Waals surface area contributed by atoms with E-state index >= 15 is 0 Å². The van der Waals surface area contributed by atoms with E-state index in [1.165, 1.54) is 64.5 Å². The summed E-state index contributed by atoms with van der Waals surface area (Å²) in [5, 5.41) is 14.6. The third-order valence-corrected chi connectivity index (χ3v) is 10.1. The average molecular weight is 520 g/mol. The van der Waals surface area contributed by atoms with Gasteiger partial charge in [0.1, 0.15) is 6.29 Å². The molecule has 2 atom stereocenters. The fourth-order valence-electron chi connectivity index (χ4n) is 7.55. The molecule has 2 saturated carbocycles. The number of likely N-dealkylation sites (tertiary alicyclic amines) is 1. The maximum atomic E-state index is 13.1. The van der Waals surface area contributed by atoms with Gasteiger partial charge in [-0.1, -0.05) is 0 Å². The van der Waals surface area contributed by atoms with Gasteiger partial charge < -0.3 is 19.9 Å². The number of ether oxygens (including phenoxy) is 1. The molecule has 9 heteroatoms. The van der Waals surface area contributed by atoms with Crippen LogP contribution in [0.15, 0.2) is 0 Å². The van der Waals surface area contributed by atoms with Gasteiger partial charge in [-0.05, 0) is 96.2 Å². The molecule has 212 valence electrons. The minimum atomic E-state index is 0.147. The van der Waals surface area contributed by atoms with Crippen LogP contribution in [0.5, 0.6) is 0 Å². The van der Waals surface area contributed by atoms with Crippen LogP contribution in [0.4, 0.5) is 4.79 Å². The van der Waals surface area contributed by atoms with Crippen LogP contribution in [-0.2, 0) is 4.74 Å². The van der Waals surface area contributed by atoms with E-state index in [-0.39, 0.29) is 18.4 Å². The largest absolute Gasteiger partial charge is 0.381 e. The molecule has 2 unspecified atom stereocenters. The van der Waals surface area contributed by atoms with E-state index in [9.17, 15) is 4.79 Å². The SMILES string of the molecule is COC1CCC(C2CNC(NC3CCCC(NC(=O)N4CCN(C5CCN(C)CC5)CC4)C3)NC2)CC1. The molecular formula is C28H53N7O2. The van der Waals surface area contributed by atoms with Gasteiger partial charge in [-0.15, -0.1) is 0 Å². The van der Waals surface area contributed by atoms with E-state index in [0.29, 0.717) is 24.1 Å². The van der Waals surface area contributed by atoms with Gasteiger partial charge in [-0.2, -0.15) is 0 Å². The summed E-state index contributed by atoms with van der Waals surface area (Å²) in [4.78, 5) is 20.2. The van der Waals surface area contributed by atoms with Crippen LogP contribution < -0.4 is 21.3 Å². The smallest absolute Gasteiger partial charge is 0.317 e. The Bertz CT molecular complexity index is 695. The molecule has 5 rings (SSSR count). The Morgan fingerprint density at radius 1 is 0.811 bits per heavy atom. The zero-order valence-corrected chi connectivity index (χ0v) is 23.4. The summed E-state index contributed by atoms with van der Waals surface area (Å²) in [5.41, 5.74) is 0. The van der Waals surface area contributed by atoms with Crippen molar-refractivity contribution >= 4 is 6.03 Å². The standard InChI is InChI=1S/C28H53N7O2/c1-33-12-10-25(11-13-33)34-14-16-35(17-15-34)28(36)32-24-5-3-4-23(18-24)31-27-29-19-22(20-30-27)21-6-8-26(37-2)9-7-21/h21-27,29-31H,3-20H2,1-2H3,(H,32,36). The fourth-order valence-corrected chi connectivity index (χ4v) is 7.55. The molecule has 3 heterocycles. The highest BCUT2D eigenvalue weighted by atomic mass is 16.5. The molecule has 2 aliphatic carbocycles. The first kappa shape index (κ1) is 27.6. The Hall–Kier alpha value is -0.970. The van der Waals surface area contributed by atoms with E-state index in [0.717, 1.165) is 58.0 Å². The van der Waals surface area contributed by atoms with Gasteiger partial charge in [0.15, 0.2) is 0 Å². The minimum Gasteiger partial charge on any atom is -0.381 e. The van der Waals surface area contributed by atoms with Gasteiger partial charge >= 0.3 is 6.03 Å². The number of piperazine rings is 1. The average Bonchev–Trinajstić information content (AvgIpc) is 2.94. The van der Waals surface area contributed by atoms with E-state index in [2.05, 4.69) is 38.1 Å². The molecule has 0 aromatic rings. The molecule has 5 aliphatic rings. The van der Waals surface area contributed by atoms with Crippen molar-refractivity contribution in [2.75, 3.05) is 66.5 Å². The second-order valence-electron chi connectivity index (χ2n) is 12.5. The summed E-state index contributed by atoms with van der Waals surface area (Å²) in [6.07, 6.45) is 12.7. The Kier molecular flexibility index (Phi) is 9.99. The first-order valence-electron chi connectivity index (χ1n) is 15.3. The number of hydrogen-bond acceptors (Lipinski definition) is 7. The summed E-state index contributed by atoms with van der Waals surface area (Å²) >= 11 is 0. The van der Waals surface area contributed by atoms with Crippen LogP contribution >= 0.6 is 0 Å². The maximum absolute atomic E-state index is 13.1. The van der Waals surface area contributed by atoms with E-state index < -0.39 is 0 Å². The highest BCUT2D eigenvalue weighted by molar-refractivity contribution is 5.74. The first-order chi connectivity index (χ1) is 18.1. The molecule has 4 N–H and O–H groups in total. The van der Waals surface area contributed by atoms with Crippen molar-refractivity contribution in [3.05, 3.63) is 0 Å². The lowest BCUT2D eigenvalue weighted by molar-refractivity contribution is 0.0414. The van der Waals surface area contributed by atoms with Crippen LogP contribution in [-0.4, -0.2) is 118 Å². The normalized spacial score (nSPS) is 37.4. The van der Waals surface area contributed by atoms with Gasteiger partial charge in [-0.25, -0.2) is 4.79 Å². The quantitative estimate of drug-likeness (QED) is 0.424. The van der Waals surface area contributed by atoms with Gasteiger partial charge in [-0.3, -0.25) is 20.9 Å². The second kappa shape index (κ2) is 13.4. The van der Waals surface area contributed by atoms with Crippen LogP contribution in [0.1, 0.15) is 64.2 Å². The second-order valence-corrected chi connectivity index (χ2v) is 12.5. The fraction of sp³-hybridized carbons (Fsp3) is 0.964. The highest BCUT2D eigenvalue weighted by Gasteiger charge is 2.33. The van der Waals surface area contributed by atoms with Crippen molar-refractivity contribution in [2.24, 2.45) is 11.8 Å². The van der Waals surface area contributed by atoms with Crippen molar-refractivity contribution in [1.29, 1.82) is 0 Å². The van der Waals surface area contributed by atoms with Crippen molar-refractivity contribution < 1.29 is 9.53 Å². The highest BCUT2D eigenvalue weighted by Crippen LogP contribution is 2.32. The molecular weight excluding hydrogens is 466 g/mol.